The Morgan fingerprint density at radius 2 is 1.65 bits per heavy atom. The van der Waals surface area contributed by atoms with E-state index in [4.69, 9.17) is 17.2 Å². The first kappa shape index (κ1) is 24.0. The van der Waals surface area contributed by atoms with E-state index in [-0.39, 0.29) is 18.6 Å². The molecule has 14 heteroatoms. The van der Waals surface area contributed by atoms with E-state index in [0.29, 0.717) is 0 Å². The van der Waals surface area contributed by atoms with Gasteiger partial charge in [-0.2, -0.15) is 26.3 Å². The number of aromatic nitrogens is 2. The standard InChI is InChI=1S/C17H15F6N5O3/c1-15(31,17(21,22)23)12(24)7-5-8(16(18,19)20)10(28-11(7)14(26)30)6-2-3-27-9(4-6)13(25)29/h2-5,12,31H,24H2,1H3,(H2,25,29)(H2,26,30). The summed E-state index contributed by atoms with van der Waals surface area (Å²) in [5.41, 5.74) is 6.38. The minimum atomic E-state index is -5.36. The van der Waals surface area contributed by atoms with Gasteiger partial charge in [0.1, 0.15) is 11.4 Å². The second-order valence-electron chi connectivity index (χ2n) is 6.60. The predicted molar refractivity (Wildman–Crippen MR) is 93.1 cm³/mol. The minimum absolute atomic E-state index is 0.150. The molecule has 168 valence electrons. The summed E-state index contributed by atoms with van der Waals surface area (Å²) in [4.78, 5) is 30.1. The van der Waals surface area contributed by atoms with Gasteiger partial charge in [0.15, 0.2) is 5.60 Å². The molecule has 2 rings (SSSR count). The van der Waals surface area contributed by atoms with E-state index in [1.807, 2.05) is 0 Å². The van der Waals surface area contributed by atoms with Gasteiger partial charge in [0.25, 0.3) is 11.8 Å². The Kier molecular flexibility index (Phi) is 6.02. The Balaban J connectivity index is 2.88. The zero-order valence-corrected chi connectivity index (χ0v) is 15.5. The molecule has 0 aliphatic heterocycles. The summed E-state index contributed by atoms with van der Waals surface area (Å²) in [6.45, 7) is 0.228. The highest BCUT2D eigenvalue weighted by Crippen LogP contribution is 2.42. The van der Waals surface area contributed by atoms with Gasteiger partial charge in [-0.05, 0) is 25.1 Å². The minimum Gasteiger partial charge on any atom is -0.379 e. The molecule has 0 radical (unpaired) electrons. The maximum atomic E-state index is 13.7. The van der Waals surface area contributed by atoms with Crippen LogP contribution in [0.25, 0.3) is 11.3 Å². The van der Waals surface area contributed by atoms with Gasteiger partial charge in [-0.3, -0.25) is 14.6 Å². The van der Waals surface area contributed by atoms with Crippen LogP contribution in [0, 0.1) is 0 Å². The number of rotatable bonds is 5. The number of hydrogen-bond donors (Lipinski definition) is 4. The average Bonchev–Trinajstić information content (AvgIpc) is 2.64. The Hall–Kier alpha value is -3.26. The summed E-state index contributed by atoms with van der Waals surface area (Å²) in [5, 5.41) is 9.79. The largest absolute Gasteiger partial charge is 0.418 e. The van der Waals surface area contributed by atoms with E-state index in [1.54, 1.807) is 0 Å². The summed E-state index contributed by atoms with van der Waals surface area (Å²) in [7, 11) is 0. The number of carbonyl (C=O) groups excluding carboxylic acids is 2. The summed E-state index contributed by atoms with van der Waals surface area (Å²) in [5.74, 6) is -2.58. The lowest BCUT2D eigenvalue weighted by molar-refractivity contribution is -0.261. The number of halogens is 6. The third kappa shape index (κ3) is 4.59. The second kappa shape index (κ2) is 7.77. The maximum Gasteiger partial charge on any atom is 0.418 e. The Bertz CT molecular complexity index is 1040. The van der Waals surface area contributed by atoms with Crippen LogP contribution in [0.3, 0.4) is 0 Å². The molecular formula is C17H15F6N5O3. The van der Waals surface area contributed by atoms with Crippen LogP contribution in [0.4, 0.5) is 26.3 Å². The van der Waals surface area contributed by atoms with Gasteiger partial charge >= 0.3 is 12.4 Å². The van der Waals surface area contributed by atoms with E-state index >= 15 is 0 Å². The molecule has 0 spiro atoms. The van der Waals surface area contributed by atoms with Gasteiger partial charge in [0.2, 0.25) is 0 Å². The molecule has 0 fully saturated rings. The van der Waals surface area contributed by atoms with Gasteiger partial charge in [-0.15, -0.1) is 0 Å². The highest BCUT2D eigenvalue weighted by molar-refractivity contribution is 5.94. The van der Waals surface area contributed by atoms with Crippen molar-refractivity contribution in [2.24, 2.45) is 17.2 Å². The van der Waals surface area contributed by atoms with E-state index < -0.39 is 64.0 Å². The molecule has 0 saturated heterocycles. The molecule has 31 heavy (non-hydrogen) atoms. The van der Waals surface area contributed by atoms with Gasteiger partial charge in [0.05, 0.1) is 17.3 Å². The molecule has 2 aromatic heterocycles. The fourth-order valence-corrected chi connectivity index (χ4v) is 2.59. The Morgan fingerprint density at radius 1 is 1.06 bits per heavy atom. The molecular weight excluding hydrogens is 436 g/mol. The number of amides is 2. The summed E-state index contributed by atoms with van der Waals surface area (Å²) >= 11 is 0. The number of hydrogen-bond acceptors (Lipinski definition) is 6. The first-order valence-electron chi connectivity index (χ1n) is 8.21. The van der Waals surface area contributed by atoms with Crippen molar-refractivity contribution in [3.63, 3.8) is 0 Å². The van der Waals surface area contributed by atoms with E-state index in [9.17, 15) is 41.0 Å². The number of aliphatic hydroxyl groups is 1. The highest BCUT2D eigenvalue weighted by Gasteiger charge is 2.55. The van der Waals surface area contributed by atoms with Crippen molar-refractivity contribution in [3.8, 4) is 11.3 Å². The molecule has 0 bridgehead atoms. The monoisotopic (exact) mass is 451 g/mol. The van der Waals surface area contributed by atoms with E-state index in [2.05, 4.69) is 9.97 Å². The molecule has 7 N–H and O–H groups in total. The van der Waals surface area contributed by atoms with Crippen molar-refractivity contribution < 1.29 is 41.0 Å². The van der Waals surface area contributed by atoms with Gasteiger partial charge in [0, 0.05) is 17.3 Å². The third-order valence-corrected chi connectivity index (χ3v) is 4.39. The van der Waals surface area contributed by atoms with Crippen LogP contribution in [-0.4, -0.2) is 38.7 Å². The molecule has 2 aromatic rings. The zero-order valence-electron chi connectivity index (χ0n) is 15.5. The zero-order chi connectivity index (χ0) is 23.9. The molecule has 0 aromatic carbocycles. The predicted octanol–water partition coefficient (Wildman–Crippen LogP) is 1.67. The lowest BCUT2D eigenvalue weighted by atomic mass is 9.87. The van der Waals surface area contributed by atoms with Crippen molar-refractivity contribution in [1.29, 1.82) is 0 Å². The average molecular weight is 451 g/mol. The number of alkyl halides is 6. The first-order chi connectivity index (χ1) is 14.0. The molecule has 2 heterocycles. The highest BCUT2D eigenvalue weighted by atomic mass is 19.4. The van der Waals surface area contributed by atoms with Crippen LogP contribution in [0.2, 0.25) is 0 Å². The number of nitrogens with two attached hydrogens (primary N) is 3. The number of pyridine rings is 2. The summed E-state index contributed by atoms with van der Waals surface area (Å²) < 4.78 is 80.6. The smallest absolute Gasteiger partial charge is 0.379 e. The van der Waals surface area contributed by atoms with Crippen molar-refractivity contribution in [3.05, 3.63) is 46.9 Å². The molecule has 0 saturated carbocycles. The number of carbonyl (C=O) groups is 2. The van der Waals surface area contributed by atoms with Crippen LogP contribution >= 0.6 is 0 Å². The third-order valence-electron chi connectivity index (χ3n) is 4.39. The molecule has 2 atom stereocenters. The van der Waals surface area contributed by atoms with Crippen molar-refractivity contribution in [2.45, 2.75) is 30.9 Å². The second-order valence-corrected chi connectivity index (χ2v) is 6.60. The number of nitrogens with zero attached hydrogens (tertiary/aromatic N) is 2. The SMILES string of the molecule is CC(O)(C(N)c1cc(C(F)(F)F)c(-c2ccnc(C(N)=O)c2)nc1C(N)=O)C(F)(F)F. The molecule has 0 aliphatic carbocycles. The van der Waals surface area contributed by atoms with Gasteiger partial charge in [-0.25, -0.2) is 4.98 Å². The van der Waals surface area contributed by atoms with Crippen molar-refractivity contribution in [2.75, 3.05) is 0 Å². The molecule has 0 aliphatic rings. The summed E-state index contributed by atoms with van der Waals surface area (Å²) in [6, 6.07) is -0.551. The van der Waals surface area contributed by atoms with Crippen molar-refractivity contribution in [1.82, 2.24) is 9.97 Å². The van der Waals surface area contributed by atoms with Crippen LogP contribution in [0.5, 0.6) is 0 Å². The van der Waals surface area contributed by atoms with E-state index in [1.165, 1.54) is 0 Å². The quantitative estimate of drug-likeness (QED) is 0.506. The molecule has 2 unspecified atom stereocenters. The Morgan fingerprint density at radius 3 is 2.10 bits per heavy atom. The maximum absolute atomic E-state index is 13.7. The molecule has 2 amide bonds. The van der Waals surface area contributed by atoms with Gasteiger partial charge < -0.3 is 22.3 Å². The lowest BCUT2D eigenvalue weighted by Crippen LogP contribution is -2.51. The van der Waals surface area contributed by atoms with E-state index in [0.717, 1.165) is 18.3 Å². The number of primary amides is 2. The van der Waals surface area contributed by atoms with Crippen LogP contribution in [0.1, 0.15) is 45.1 Å². The fourth-order valence-electron chi connectivity index (χ4n) is 2.59. The van der Waals surface area contributed by atoms with Crippen LogP contribution in [-0.2, 0) is 6.18 Å². The van der Waals surface area contributed by atoms with Crippen LogP contribution in [0.15, 0.2) is 24.4 Å². The van der Waals surface area contributed by atoms with Crippen LogP contribution < -0.4 is 17.2 Å². The topological polar surface area (TPSA) is 158 Å². The van der Waals surface area contributed by atoms with Gasteiger partial charge in [-0.1, -0.05) is 0 Å². The molecule has 8 nitrogen and oxygen atoms in total. The fraction of sp³-hybridized carbons (Fsp3) is 0.294. The lowest BCUT2D eigenvalue weighted by Gasteiger charge is -2.33. The van der Waals surface area contributed by atoms with Crippen molar-refractivity contribution >= 4 is 11.8 Å². The first-order valence-corrected chi connectivity index (χ1v) is 8.21. The normalized spacial score (nSPS) is 15.3. The summed E-state index contributed by atoms with van der Waals surface area (Å²) in [6.07, 6.45) is -9.61. The Labute approximate surface area is 170 Å².